The molecular weight excluding hydrogens is 320 g/mol. The monoisotopic (exact) mass is 340 g/mol. The lowest BCUT2D eigenvalue weighted by Crippen LogP contribution is -2.42. The van der Waals surface area contributed by atoms with Gasteiger partial charge in [0.2, 0.25) is 0 Å². The van der Waals surface area contributed by atoms with Crippen LogP contribution in [0.1, 0.15) is 20.3 Å². The van der Waals surface area contributed by atoms with E-state index in [0.717, 1.165) is 0 Å². The summed E-state index contributed by atoms with van der Waals surface area (Å²) < 4.78 is 28.1. The number of carbonyl (C=O) groups excluding carboxylic acids is 2. The second-order valence-corrected chi connectivity index (χ2v) is 7.95. The second kappa shape index (κ2) is 6.99. The van der Waals surface area contributed by atoms with E-state index in [9.17, 15) is 18.0 Å². The lowest BCUT2D eigenvalue weighted by atomic mass is 10.2. The first-order chi connectivity index (χ1) is 10.7. The Balaban J connectivity index is 1.87. The molecule has 2 amide bonds. The minimum absolute atomic E-state index is 0.0386. The van der Waals surface area contributed by atoms with Crippen LogP contribution in [0.5, 0.6) is 5.75 Å². The molecule has 7 nitrogen and oxygen atoms in total. The number of sulfone groups is 1. The van der Waals surface area contributed by atoms with Crippen molar-refractivity contribution in [3.63, 3.8) is 0 Å². The van der Waals surface area contributed by atoms with Gasteiger partial charge in [0.05, 0.1) is 17.6 Å². The number of hydrogen-bond acceptors (Lipinski definition) is 5. The Kier molecular flexibility index (Phi) is 5.25. The number of nitrogens with one attached hydrogen (secondary N) is 2. The molecule has 0 bridgehead atoms. The van der Waals surface area contributed by atoms with Crippen molar-refractivity contribution in [2.45, 2.75) is 32.4 Å². The van der Waals surface area contributed by atoms with Crippen molar-refractivity contribution < 1.29 is 22.7 Å². The topological polar surface area (TPSA) is 102 Å². The predicted molar refractivity (Wildman–Crippen MR) is 86.0 cm³/mol. The van der Waals surface area contributed by atoms with Crippen LogP contribution in [0.3, 0.4) is 0 Å². The summed E-state index contributed by atoms with van der Waals surface area (Å²) in [4.78, 5) is 23.6. The van der Waals surface area contributed by atoms with Crippen LogP contribution in [-0.2, 0) is 19.4 Å². The maximum atomic E-state index is 11.8. The van der Waals surface area contributed by atoms with Crippen LogP contribution in [0.15, 0.2) is 24.3 Å². The number of ether oxygens (including phenoxy) is 1. The summed E-state index contributed by atoms with van der Waals surface area (Å²) in [5.74, 6) is -1.08. The average molecular weight is 340 g/mol. The highest BCUT2D eigenvalue weighted by Crippen LogP contribution is 2.17. The van der Waals surface area contributed by atoms with Gasteiger partial charge in [-0.2, -0.15) is 0 Å². The SMILES string of the molecule is CC(C)Oc1ccc(NC(=O)C(=O)NC2CCS(=O)(=O)C2)cc1. The van der Waals surface area contributed by atoms with Crippen LogP contribution in [-0.4, -0.2) is 43.9 Å². The van der Waals surface area contributed by atoms with E-state index >= 15 is 0 Å². The summed E-state index contributed by atoms with van der Waals surface area (Å²) in [5, 5.41) is 4.90. The standard InChI is InChI=1S/C15H20N2O5S/c1-10(2)22-13-5-3-11(4-6-13)16-14(18)15(19)17-12-7-8-23(20,21)9-12/h3-6,10,12H,7-9H2,1-2H3,(H,16,18)(H,17,19). The zero-order valence-electron chi connectivity index (χ0n) is 13.0. The number of amides is 2. The number of benzene rings is 1. The van der Waals surface area contributed by atoms with Crippen molar-refractivity contribution in [1.82, 2.24) is 5.32 Å². The van der Waals surface area contributed by atoms with Crippen LogP contribution in [0, 0.1) is 0 Å². The first-order valence-electron chi connectivity index (χ1n) is 7.34. The average Bonchev–Trinajstić information content (AvgIpc) is 2.79. The lowest BCUT2D eigenvalue weighted by Gasteiger charge is -2.12. The van der Waals surface area contributed by atoms with E-state index in [-0.39, 0.29) is 17.6 Å². The summed E-state index contributed by atoms with van der Waals surface area (Å²) in [6.45, 7) is 3.81. The highest BCUT2D eigenvalue weighted by Gasteiger charge is 2.30. The van der Waals surface area contributed by atoms with Gasteiger partial charge < -0.3 is 15.4 Å². The third kappa shape index (κ3) is 5.24. The Labute approximate surface area is 135 Å². The van der Waals surface area contributed by atoms with E-state index in [1.165, 1.54) is 0 Å². The fourth-order valence-electron chi connectivity index (χ4n) is 2.24. The predicted octanol–water partition coefficient (Wildman–Crippen LogP) is 0.716. The molecule has 1 aliphatic rings. The Morgan fingerprint density at radius 3 is 2.35 bits per heavy atom. The third-order valence-electron chi connectivity index (χ3n) is 3.26. The highest BCUT2D eigenvalue weighted by atomic mass is 32.2. The zero-order valence-corrected chi connectivity index (χ0v) is 13.9. The Bertz CT molecular complexity index is 682. The molecule has 1 aromatic rings. The largest absolute Gasteiger partial charge is 0.491 e. The minimum Gasteiger partial charge on any atom is -0.491 e. The number of hydrogen-bond donors (Lipinski definition) is 2. The van der Waals surface area contributed by atoms with E-state index in [1.54, 1.807) is 24.3 Å². The Hall–Kier alpha value is -2.09. The maximum Gasteiger partial charge on any atom is 0.313 e. The van der Waals surface area contributed by atoms with E-state index < -0.39 is 27.7 Å². The lowest BCUT2D eigenvalue weighted by molar-refractivity contribution is -0.136. The molecule has 0 saturated carbocycles. The van der Waals surface area contributed by atoms with Crippen LogP contribution in [0.4, 0.5) is 5.69 Å². The normalized spacial score (nSPS) is 19.3. The molecule has 126 valence electrons. The molecule has 0 spiro atoms. The molecule has 1 fully saturated rings. The van der Waals surface area contributed by atoms with Gasteiger partial charge in [-0.3, -0.25) is 9.59 Å². The molecule has 1 heterocycles. The van der Waals surface area contributed by atoms with Gasteiger partial charge in [-0.15, -0.1) is 0 Å². The van der Waals surface area contributed by atoms with Crippen molar-refractivity contribution in [2.75, 3.05) is 16.8 Å². The van der Waals surface area contributed by atoms with Crippen LogP contribution in [0.25, 0.3) is 0 Å². The summed E-state index contributed by atoms with van der Waals surface area (Å²) in [6, 6.07) is 6.14. The van der Waals surface area contributed by atoms with Gasteiger partial charge in [0.1, 0.15) is 5.75 Å². The molecule has 2 N–H and O–H groups in total. The first-order valence-corrected chi connectivity index (χ1v) is 9.16. The van der Waals surface area contributed by atoms with Gasteiger partial charge in [0.25, 0.3) is 0 Å². The van der Waals surface area contributed by atoms with Crippen molar-refractivity contribution in [3.05, 3.63) is 24.3 Å². The molecule has 8 heteroatoms. The van der Waals surface area contributed by atoms with Crippen molar-refractivity contribution in [2.24, 2.45) is 0 Å². The highest BCUT2D eigenvalue weighted by molar-refractivity contribution is 7.91. The molecular formula is C15H20N2O5S. The third-order valence-corrected chi connectivity index (χ3v) is 5.03. The molecule has 1 atom stereocenters. The van der Waals surface area contributed by atoms with Crippen LogP contribution < -0.4 is 15.4 Å². The summed E-state index contributed by atoms with van der Waals surface area (Å²) in [5.41, 5.74) is 0.459. The minimum atomic E-state index is -3.10. The van der Waals surface area contributed by atoms with Crippen molar-refractivity contribution in [1.29, 1.82) is 0 Å². The van der Waals surface area contributed by atoms with E-state index in [1.807, 2.05) is 13.8 Å². The van der Waals surface area contributed by atoms with E-state index in [4.69, 9.17) is 4.74 Å². The summed E-state index contributed by atoms with van der Waals surface area (Å²) in [7, 11) is -3.10. The van der Waals surface area contributed by atoms with Gasteiger partial charge in [0, 0.05) is 11.7 Å². The number of anilines is 1. The smallest absolute Gasteiger partial charge is 0.313 e. The van der Waals surface area contributed by atoms with Gasteiger partial charge in [-0.1, -0.05) is 0 Å². The number of rotatable bonds is 4. The Morgan fingerprint density at radius 2 is 1.83 bits per heavy atom. The molecule has 0 aromatic heterocycles. The summed E-state index contributed by atoms with van der Waals surface area (Å²) in [6.07, 6.45) is 0.381. The van der Waals surface area contributed by atoms with Crippen molar-refractivity contribution in [3.8, 4) is 5.75 Å². The quantitative estimate of drug-likeness (QED) is 0.786. The molecule has 1 unspecified atom stereocenters. The Morgan fingerprint density at radius 1 is 1.17 bits per heavy atom. The first kappa shape index (κ1) is 17.3. The molecule has 0 aliphatic carbocycles. The zero-order chi connectivity index (χ0) is 17.0. The maximum absolute atomic E-state index is 11.8. The molecule has 0 radical (unpaired) electrons. The van der Waals surface area contributed by atoms with E-state index in [2.05, 4.69) is 10.6 Å². The molecule has 1 aliphatic heterocycles. The van der Waals surface area contributed by atoms with Gasteiger partial charge >= 0.3 is 11.8 Å². The molecule has 1 aromatic carbocycles. The van der Waals surface area contributed by atoms with Gasteiger partial charge in [-0.25, -0.2) is 8.42 Å². The second-order valence-electron chi connectivity index (χ2n) is 5.72. The fourth-order valence-corrected chi connectivity index (χ4v) is 3.91. The fraction of sp³-hybridized carbons (Fsp3) is 0.467. The number of carbonyl (C=O) groups is 2. The molecule has 23 heavy (non-hydrogen) atoms. The van der Waals surface area contributed by atoms with Crippen LogP contribution >= 0.6 is 0 Å². The van der Waals surface area contributed by atoms with Gasteiger partial charge in [0.15, 0.2) is 9.84 Å². The molecule has 1 saturated heterocycles. The van der Waals surface area contributed by atoms with Crippen molar-refractivity contribution >= 4 is 27.3 Å². The van der Waals surface area contributed by atoms with Gasteiger partial charge in [-0.05, 0) is 44.5 Å². The van der Waals surface area contributed by atoms with Crippen LogP contribution in [0.2, 0.25) is 0 Å². The molecule has 2 rings (SSSR count). The van der Waals surface area contributed by atoms with E-state index in [0.29, 0.717) is 17.9 Å². The summed E-state index contributed by atoms with van der Waals surface area (Å²) >= 11 is 0.